The highest BCUT2D eigenvalue weighted by atomic mass is 32.2. The molecule has 0 aromatic heterocycles. The molecule has 0 spiro atoms. The first kappa shape index (κ1) is 14.8. The van der Waals surface area contributed by atoms with Crippen molar-refractivity contribution in [2.75, 3.05) is 10.5 Å². The molecule has 0 bridgehead atoms. The molecular weight excluding hydrogens is 293 g/mol. The van der Waals surface area contributed by atoms with Crippen LogP contribution in [0.15, 0.2) is 41.3 Å². The Kier molecular flexibility index (Phi) is 3.82. The SMILES string of the molecule is Cc1cc(N)cc(S(=O)(=O)Nc2ccc(C#N)cc2)c1F. The average Bonchev–Trinajstić information content (AvgIpc) is 2.43. The molecule has 3 N–H and O–H groups in total. The van der Waals surface area contributed by atoms with Crippen molar-refractivity contribution >= 4 is 21.4 Å². The second kappa shape index (κ2) is 5.42. The van der Waals surface area contributed by atoms with Crippen LogP contribution in [0.3, 0.4) is 0 Å². The zero-order valence-corrected chi connectivity index (χ0v) is 11.9. The van der Waals surface area contributed by atoms with Gasteiger partial charge in [0.1, 0.15) is 10.7 Å². The molecule has 0 aliphatic rings. The summed E-state index contributed by atoms with van der Waals surface area (Å²) in [6.07, 6.45) is 0. The van der Waals surface area contributed by atoms with Crippen LogP contribution in [0, 0.1) is 24.1 Å². The van der Waals surface area contributed by atoms with Crippen LogP contribution in [-0.4, -0.2) is 8.42 Å². The van der Waals surface area contributed by atoms with Crippen molar-refractivity contribution < 1.29 is 12.8 Å². The third-order valence-electron chi connectivity index (χ3n) is 2.80. The third kappa shape index (κ3) is 3.12. The number of anilines is 2. The molecule has 0 aliphatic carbocycles. The molecule has 21 heavy (non-hydrogen) atoms. The number of aryl methyl sites for hydroxylation is 1. The molecule has 7 heteroatoms. The van der Waals surface area contributed by atoms with Gasteiger partial charge in [0.15, 0.2) is 0 Å². The second-order valence-corrected chi connectivity index (χ2v) is 6.10. The lowest BCUT2D eigenvalue weighted by molar-refractivity contribution is 0.565. The summed E-state index contributed by atoms with van der Waals surface area (Å²) in [7, 11) is -4.10. The first-order valence-electron chi connectivity index (χ1n) is 5.92. The van der Waals surface area contributed by atoms with E-state index < -0.39 is 20.7 Å². The molecule has 0 amide bonds. The summed E-state index contributed by atoms with van der Waals surface area (Å²) < 4.78 is 40.6. The fourth-order valence-electron chi connectivity index (χ4n) is 1.78. The Labute approximate surface area is 121 Å². The number of rotatable bonds is 3. The Balaban J connectivity index is 2.41. The van der Waals surface area contributed by atoms with E-state index >= 15 is 0 Å². The van der Waals surface area contributed by atoms with Crippen LogP contribution in [0.4, 0.5) is 15.8 Å². The van der Waals surface area contributed by atoms with Crippen LogP contribution >= 0.6 is 0 Å². The van der Waals surface area contributed by atoms with E-state index in [1.807, 2.05) is 6.07 Å². The number of nitrogens with zero attached hydrogens (tertiary/aromatic N) is 1. The molecule has 0 fully saturated rings. The molecule has 0 unspecified atom stereocenters. The lowest BCUT2D eigenvalue weighted by atomic mass is 10.2. The van der Waals surface area contributed by atoms with E-state index in [0.29, 0.717) is 5.56 Å². The predicted octanol–water partition coefficient (Wildman–Crippen LogP) is 2.39. The molecule has 2 rings (SSSR count). The van der Waals surface area contributed by atoms with Gasteiger partial charge in [0, 0.05) is 11.4 Å². The molecule has 0 aliphatic heterocycles. The third-order valence-corrected chi connectivity index (χ3v) is 4.18. The maximum absolute atomic E-state index is 14.0. The van der Waals surface area contributed by atoms with Crippen molar-refractivity contribution in [2.45, 2.75) is 11.8 Å². The van der Waals surface area contributed by atoms with Crippen LogP contribution in [0.2, 0.25) is 0 Å². The summed E-state index contributed by atoms with van der Waals surface area (Å²) in [5.74, 6) is -0.842. The van der Waals surface area contributed by atoms with Gasteiger partial charge in [0.05, 0.1) is 11.6 Å². The lowest BCUT2D eigenvalue weighted by Gasteiger charge is -2.11. The van der Waals surface area contributed by atoms with Crippen LogP contribution in [0.25, 0.3) is 0 Å². The minimum absolute atomic E-state index is 0.148. The predicted molar refractivity (Wildman–Crippen MR) is 77.5 cm³/mol. The van der Waals surface area contributed by atoms with Crippen LogP contribution < -0.4 is 10.5 Å². The van der Waals surface area contributed by atoms with Crippen molar-refractivity contribution in [2.24, 2.45) is 0 Å². The molecule has 108 valence electrons. The van der Waals surface area contributed by atoms with E-state index in [9.17, 15) is 12.8 Å². The standard InChI is InChI=1S/C14H12FN3O2S/c1-9-6-11(17)7-13(14(9)15)21(19,20)18-12-4-2-10(8-16)3-5-12/h2-7,18H,17H2,1H3. The molecule has 0 atom stereocenters. The fourth-order valence-corrected chi connectivity index (χ4v) is 3.03. The number of nitrogens with two attached hydrogens (primary N) is 1. The fraction of sp³-hybridized carbons (Fsp3) is 0.0714. The molecule has 5 nitrogen and oxygen atoms in total. The Morgan fingerprint density at radius 3 is 2.43 bits per heavy atom. The maximum Gasteiger partial charge on any atom is 0.264 e. The summed E-state index contributed by atoms with van der Waals surface area (Å²) in [4.78, 5) is -0.510. The largest absolute Gasteiger partial charge is 0.399 e. The van der Waals surface area contributed by atoms with E-state index in [1.165, 1.54) is 37.3 Å². The van der Waals surface area contributed by atoms with E-state index in [-0.39, 0.29) is 16.9 Å². The van der Waals surface area contributed by atoms with Crippen molar-refractivity contribution in [1.82, 2.24) is 0 Å². The quantitative estimate of drug-likeness (QED) is 0.851. The number of nitrogens with one attached hydrogen (secondary N) is 1. The van der Waals surface area contributed by atoms with Crippen LogP contribution in [-0.2, 0) is 10.0 Å². The van der Waals surface area contributed by atoms with Gasteiger partial charge in [-0.3, -0.25) is 4.72 Å². The first-order valence-corrected chi connectivity index (χ1v) is 7.40. The number of nitrogen functional groups attached to an aromatic ring is 1. The number of benzene rings is 2. The summed E-state index contributed by atoms with van der Waals surface area (Å²) in [5.41, 5.74) is 6.49. The highest BCUT2D eigenvalue weighted by molar-refractivity contribution is 7.92. The van der Waals surface area contributed by atoms with Crippen molar-refractivity contribution in [1.29, 1.82) is 5.26 Å². The van der Waals surface area contributed by atoms with Gasteiger partial charge in [-0.15, -0.1) is 0 Å². The van der Waals surface area contributed by atoms with Gasteiger partial charge in [-0.25, -0.2) is 12.8 Å². The molecule has 2 aromatic rings. The monoisotopic (exact) mass is 305 g/mol. The van der Waals surface area contributed by atoms with Crippen LogP contribution in [0.5, 0.6) is 0 Å². The lowest BCUT2D eigenvalue weighted by Crippen LogP contribution is -2.15. The van der Waals surface area contributed by atoms with Gasteiger partial charge in [-0.2, -0.15) is 5.26 Å². The number of hydrogen-bond acceptors (Lipinski definition) is 4. The summed E-state index contributed by atoms with van der Waals surface area (Å²) >= 11 is 0. The maximum atomic E-state index is 14.0. The smallest absolute Gasteiger partial charge is 0.264 e. The van der Waals surface area contributed by atoms with Crippen LogP contribution in [0.1, 0.15) is 11.1 Å². The van der Waals surface area contributed by atoms with Crippen molar-refractivity contribution in [3.63, 3.8) is 0 Å². The summed E-state index contributed by atoms with van der Waals surface area (Å²) in [5, 5.41) is 8.68. The molecule has 0 saturated carbocycles. The molecule has 0 heterocycles. The van der Waals surface area contributed by atoms with E-state index in [2.05, 4.69) is 4.72 Å². The number of sulfonamides is 1. The summed E-state index contributed by atoms with van der Waals surface area (Å²) in [6.45, 7) is 1.44. The van der Waals surface area contributed by atoms with E-state index in [1.54, 1.807) is 0 Å². The average molecular weight is 305 g/mol. The van der Waals surface area contributed by atoms with Gasteiger partial charge in [0.25, 0.3) is 10.0 Å². The van der Waals surface area contributed by atoms with E-state index in [4.69, 9.17) is 11.0 Å². The Bertz CT molecular complexity index is 825. The Hall–Kier alpha value is -2.59. The molecular formula is C14H12FN3O2S. The number of hydrogen-bond donors (Lipinski definition) is 2. The molecule has 2 aromatic carbocycles. The Morgan fingerprint density at radius 2 is 1.86 bits per heavy atom. The highest BCUT2D eigenvalue weighted by Gasteiger charge is 2.21. The van der Waals surface area contributed by atoms with E-state index in [0.717, 1.165) is 6.07 Å². The number of nitriles is 1. The van der Waals surface area contributed by atoms with Gasteiger partial charge < -0.3 is 5.73 Å². The van der Waals surface area contributed by atoms with Crippen molar-refractivity contribution in [3.8, 4) is 6.07 Å². The number of halogens is 1. The molecule has 0 saturated heterocycles. The zero-order chi connectivity index (χ0) is 15.6. The highest BCUT2D eigenvalue weighted by Crippen LogP contribution is 2.24. The van der Waals surface area contributed by atoms with Gasteiger partial charge >= 0.3 is 0 Å². The minimum atomic E-state index is -4.10. The molecule has 0 radical (unpaired) electrons. The zero-order valence-electron chi connectivity index (χ0n) is 11.1. The van der Waals surface area contributed by atoms with Gasteiger partial charge in [-0.05, 0) is 48.9 Å². The van der Waals surface area contributed by atoms with Gasteiger partial charge in [0.2, 0.25) is 0 Å². The topological polar surface area (TPSA) is 96.0 Å². The van der Waals surface area contributed by atoms with Gasteiger partial charge in [-0.1, -0.05) is 0 Å². The second-order valence-electron chi connectivity index (χ2n) is 4.44. The summed E-state index contributed by atoms with van der Waals surface area (Å²) in [6, 6.07) is 10.1. The Morgan fingerprint density at radius 1 is 1.24 bits per heavy atom. The van der Waals surface area contributed by atoms with Crippen molar-refractivity contribution in [3.05, 3.63) is 53.3 Å². The minimum Gasteiger partial charge on any atom is -0.399 e. The first-order chi connectivity index (χ1) is 9.83. The normalized spacial score (nSPS) is 10.9.